The molecule has 2 N–H and O–H groups in total. The van der Waals surface area contributed by atoms with Crippen molar-refractivity contribution in [3.63, 3.8) is 0 Å². The van der Waals surface area contributed by atoms with Gasteiger partial charge in [-0.15, -0.1) is 0 Å². The van der Waals surface area contributed by atoms with Crippen LogP contribution in [0.1, 0.15) is 18.1 Å². The van der Waals surface area contributed by atoms with E-state index in [-0.39, 0.29) is 11.9 Å². The van der Waals surface area contributed by atoms with Gasteiger partial charge < -0.3 is 15.3 Å². The highest BCUT2D eigenvalue weighted by atomic mass is 16.4. The predicted molar refractivity (Wildman–Crippen MR) is 80.1 cm³/mol. The molecule has 2 unspecified atom stereocenters. The molecule has 1 aromatic carbocycles. The molecule has 2 atom stereocenters. The van der Waals surface area contributed by atoms with E-state index >= 15 is 0 Å². The molecule has 114 valence electrons. The number of aryl methyl sites for hydroxylation is 1. The zero-order valence-electron chi connectivity index (χ0n) is 12.5. The second kappa shape index (κ2) is 6.61. The lowest BCUT2D eigenvalue weighted by Crippen LogP contribution is -2.39. The molecule has 0 aromatic heterocycles. The smallest absolute Gasteiger partial charge is 0.317 e. The van der Waals surface area contributed by atoms with Crippen molar-refractivity contribution >= 4 is 12.0 Å². The Morgan fingerprint density at radius 2 is 2.05 bits per heavy atom. The first-order valence-electron chi connectivity index (χ1n) is 7.29. The van der Waals surface area contributed by atoms with Gasteiger partial charge in [-0.25, -0.2) is 4.79 Å². The van der Waals surface area contributed by atoms with Crippen LogP contribution in [0.5, 0.6) is 0 Å². The first-order valence-corrected chi connectivity index (χ1v) is 7.29. The average molecular weight is 290 g/mol. The van der Waals surface area contributed by atoms with E-state index in [0.717, 1.165) is 6.42 Å². The number of likely N-dealkylation sites (tertiary alicyclic amines) is 1. The minimum absolute atomic E-state index is 0.00428. The summed E-state index contributed by atoms with van der Waals surface area (Å²) < 4.78 is 0. The molecule has 1 fully saturated rings. The molecular weight excluding hydrogens is 268 g/mol. The van der Waals surface area contributed by atoms with Gasteiger partial charge in [-0.1, -0.05) is 31.2 Å². The molecule has 1 saturated heterocycles. The van der Waals surface area contributed by atoms with Gasteiger partial charge in [0.2, 0.25) is 0 Å². The number of hydrogen-bond donors (Lipinski definition) is 2. The number of carboxylic acid groups (broad SMARTS) is 1. The largest absolute Gasteiger partial charge is 0.481 e. The Kier molecular flexibility index (Phi) is 4.83. The van der Waals surface area contributed by atoms with Crippen molar-refractivity contribution in [1.29, 1.82) is 0 Å². The maximum absolute atomic E-state index is 12.1. The minimum atomic E-state index is -0.822. The Morgan fingerprint density at radius 1 is 1.33 bits per heavy atom. The number of amides is 2. The highest BCUT2D eigenvalue weighted by molar-refractivity contribution is 5.77. The van der Waals surface area contributed by atoms with Gasteiger partial charge in [-0.05, 0) is 30.4 Å². The maximum Gasteiger partial charge on any atom is 0.317 e. The van der Waals surface area contributed by atoms with Crippen molar-refractivity contribution in [2.24, 2.45) is 11.8 Å². The number of nitrogens with zero attached hydrogens (tertiary/aromatic N) is 1. The molecule has 0 saturated carbocycles. The van der Waals surface area contributed by atoms with Crippen molar-refractivity contribution in [3.05, 3.63) is 35.4 Å². The monoisotopic (exact) mass is 290 g/mol. The molecule has 1 aliphatic rings. The lowest BCUT2D eigenvalue weighted by Gasteiger charge is -2.17. The average Bonchev–Trinajstić information content (AvgIpc) is 2.83. The SMILES string of the molecule is Cc1ccccc1CCNC(=O)N1CC(C)C(C(=O)O)C1. The topological polar surface area (TPSA) is 69.6 Å². The van der Waals surface area contributed by atoms with Crippen molar-refractivity contribution in [2.75, 3.05) is 19.6 Å². The second-order valence-electron chi connectivity index (χ2n) is 5.74. The summed E-state index contributed by atoms with van der Waals surface area (Å²) in [7, 11) is 0. The van der Waals surface area contributed by atoms with E-state index in [9.17, 15) is 9.59 Å². The molecule has 1 aliphatic heterocycles. The standard InChI is InChI=1S/C16H22N2O3/c1-11-5-3-4-6-13(11)7-8-17-16(21)18-9-12(2)14(10-18)15(19)20/h3-6,12,14H,7-10H2,1-2H3,(H,17,21)(H,19,20). The summed E-state index contributed by atoms with van der Waals surface area (Å²) in [6.07, 6.45) is 0.782. The van der Waals surface area contributed by atoms with E-state index in [1.807, 2.05) is 19.1 Å². The Hall–Kier alpha value is -2.04. The van der Waals surface area contributed by atoms with Crippen LogP contribution in [-0.4, -0.2) is 41.6 Å². The molecule has 0 bridgehead atoms. The number of aliphatic carboxylic acids is 1. The zero-order chi connectivity index (χ0) is 15.4. The van der Waals surface area contributed by atoms with E-state index in [0.29, 0.717) is 19.6 Å². The van der Waals surface area contributed by atoms with Crippen LogP contribution in [0.4, 0.5) is 4.79 Å². The van der Waals surface area contributed by atoms with E-state index in [4.69, 9.17) is 5.11 Å². The van der Waals surface area contributed by atoms with Crippen LogP contribution in [0, 0.1) is 18.8 Å². The Balaban J connectivity index is 1.81. The molecule has 5 nitrogen and oxygen atoms in total. The van der Waals surface area contributed by atoms with Gasteiger partial charge in [0, 0.05) is 19.6 Å². The highest BCUT2D eigenvalue weighted by Crippen LogP contribution is 2.22. The van der Waals surface area contributed by atoms with Gasteiger partial charge in [0.05, 0.1) is 5.92 Å². The third-order valence-corrected chi connectivity index (χ3v) is 4.15. The third-order valence-electron chi connectivity index (χ3n) is 4.15. The molecule has 0 radical (unpaired) electrons. The fourth-order valence-corrected chi connectivity index (χ4v) is 2.76. The normalized spacial score (nSPS) is 21.3. The van der Waals surface area contributed by atoms with E-state index in [1.54, 1.807) is 4.90 Å². The fraction of sp³-hybridized carbons (Fsp3) is 0.500. The Bertz CT molecular complexity index is 530. The summed E-state index contributed by atoms with van der Waals surface area (Å²) in [6.45, 7) is 5.29. The van der Waals surface area contributed by atoms with Crippen LogP contribution in [0.2, 0.25) is 0 Å². The van der Waals surface area contributed by atoms with Gasteiger partial charge in [0.25, 0.3) is 0 Å². The molecule has 5 heteroatoms. The van der Waals surface area contributed by atoms with Gasteiger partial charge in [0.15, 0.2) is 0 Å². The fourth-order valence-electron chi connectivity index (χ4n) is 2.76. The van der Waals surface area contributed by atoms with E-state index in [2.05, 4.69) is 24.4 Å². The summed E-state index contributed by atoms with van der Waals surface area (Å²) in [5.41, 5.74) is 2.43. The molecule has 0 spiro atoms. The van der Waals surface area contributed by atoms with Crippen molar-refractivity contribution in [2.45, 2.75) is 20.3 Å². The summed E-state index contributed by atoms with van der Waals surface area (Å²) in [5.74, 6) is -1.27. The first kappa shape index (κ1) is 15.4. The zero-order valence-corrected chi connectivity index (χ0v) is 12.5. The van der Waals surface area contributed by atoms with Crippen LogP contribution in [0.3, 0.4) is 0 Å². The molecular formula is C16H22N2O3. The summed E-state index contributed by atoms with van der Waals surface area (Å²) in [4.78, 5) is 24.7. The van der Waals surface area contributed by atoms with Gasteiger partial charge in [-0.3, -0.25) is 4.79 Å². The van der Waals surface area contributed by atoms with E-state index < -0.39 is 11.9 Å². The highest BCUT2D eigenvalue weighted by Gasteiger charge is 2.36. The predicted octanol–water partition coefficient (Wildman–Crippen LogP) is 1.90. The van der Waals surface area contributed by atoms with Crippen LogP contribution >= 0.6 is 0 Å². The second-order valence-corrected chi connectivity index (χ2v) is 5.74. The minimum Gasteiger partial charge on any atom is -0.481 e. The van der Waals surface area contributed by atoms with Crippen molar-refractivity contribution in [1.82, 2.24) is 10.2 Å². The third kappa shape index (κ3) is 3.74. The van der Waals surface area contributed by atoms with Crippen LogP contribution < -0.4 is 5.32 Å². The molecule has 21 heavy (non-hydrogen) atoms. The molecule has 2 amide bonds. The number of nitrogens with one attached hydrogen (secondary N) is 1. The molecule has 2 rings (SSSR count). The van der Waals surface area contributed by atoms with Crippen LogP contribution in [0.25, 0.3) is 0 Å². The molecule has 1 aromatic rings. The summed E-state index contributed by atoms with van der Waals surface area (Å²) in [6, 6.07) is 7.93. The quantitative estimate of drug-likeness (QED) is 0.890. The van der Waals surface area contributed by atoms with E-state index in [1.165, 1.54) is 11.1 Å². The number of carbonyl (C=O) groups is 2. The van der Waals surface area contributed by atoms with Gasteiger partial charge in [-0.2, -0.15) is 0 Å². The number of carbonyl (C=O) groups excluding carboxylic acids is 1. The lowest BCUT2D eigenvalue weighted by molar-refractivity contribution is -0.142. The van der Waals surface area contributed by atoms with Crippen molar-refractivity contribution < 1.29 is 14.7 Å². The Labute approximate surface area is 125 Å². The first-order chi connectivity index (χ1) is 9.99. The van der Waals surface area contributed by atoms with Gasteiger partial charge >= 0.3 is 12.0 Å². The number of urea groups is 1. The maximum atomic E-state index is 12.1. The van der Waals surface area contributed by atoms with Crippen LogP contribution in [-0.2, 0) is 11.2 Å². The van der Waals surface area contributed by atoms with Crippen molar-refractivity contribution in [3.8, 4) is 0 Å². The lowest BCUT2D eigenvalue weighted by atomic mass is 9.99. The van der Waals surface area contributed by atoms with Crippen LogP contribution in [0.15, 0.2) is 24.3 Å². The Morgan fingerprint density at radius 3 is 2.67 bits per heavy atom. The van der Waals surface area contributed by atoms with Gasteiger partial charge in [0.1, 0.15) is 0 Å². The molecule has 1 heterocycles. The number of hydrogen-bond acceptors (Lipinski definition) is 2. The summed E-state index contributed by atoms with van der Waals surface area (Å²) in [5, 5.41) is 12.0. The number of benzene rings is 1. The number of carboxylic acids is 1. The summed E-state index contributed by atoms with van der Waals surface area (Å²) >= 11 is 0. The molecule has 0 aliphatic carbocycles. The number of rotatable bonds is 4.